The minimum absolute atomic E-state index is 0.0650. The van der Waals surface area contributed by atoms with Gasteiger partial charge in [0.2, 0.25) is 11.8 Å². The molecule has 1 atom stereocenters. The van der Waals surface area contributed by atoms with E-state index in [2.05, 4.69) is 12.1 Å². The number of benzene rings is 2. The van der Waals surface area contributed by atoms with Crippen LogP contribution in [-0.4, -0.2) is 48.6 Å². The molecule has 0 N–H and O–H groups in total. The molecule has 0 spiro atoms. The van der Waals surface area contributed by atoms with E-state index in [0.717, 1.165) is 34.7 Å². The van der Waals surface area contributed by atoms with Crippen molar-refractivity contribution in [1.82, 2.24) is 9.21 Å². The SMILES string of the molecule is Cc1ccc(S(=O)(=O)N2C(=O)CCC2C(=O)N2CCC(Cc3ccccc3)CC2)cc1C. The number of piperidine rings is 1. The van der Waals surface area contributed by atoms with Crippen molar-refractivity contribution in [2.45, 2.75) is 56.9 Å². The first-order chi connectivity index (χ1) is 15.3. The molecule has 2 aromatic rings. The second kappa shape index (κ2) is 9.06. The average molecular weight is 455 g/mol. The van der Waals surface area contributed by atoms with Crippen LogP contribution in [0.4, 0.5) is 0 Å². The first-order valence-electron chi connectivity index (χ1n) is 11.2. The highest BCUT2D eigenvalue weighted by Crippen LogP contribution is 2.31. The van der Waals surface area contributed by atoms with Crippen molar-refractivity contribution in [3.8, 4) is 0 Å². The molecular weight excluding hydrogens is 424 g/mol. The normalized spacial score (nSPS) is 20.1. The number of rotatable bonds is 5. The molecule has 0 bridgehead atoms. The Hall–Kier alpha value is -2.67. The predicted molar refractivity (Wildman–Crippen MR) is 122 cm³/mol. The highest BCUT2D eigenvalue weighted by atomic mass is 32.2. The van der Waals surface area contributed by atoms with Crippen molar-refractivity contribution in [1.29, 1.82) is 0 Å². The molecule has 2 aliphatic rings. The van der Waals surface area contributed by atoms with Gasteiger partial charge < -0.3 is 4.90 Å². The Kier molecular flexibility index (Phi) is 6.38. The Labute approximate surface area is 190 Å². The Morgan fingerprint density at radius 3 is 2.31 bits per heavy atom. The molecule has 2 amide bonds. The molecule has 0 aliphatic carbocycles. The van der Waals surface area contributed by atoms with E-state index >= 15 is 0 Å². The zero-order valence-corrected chi connectivity index (χ0v) is 19.5. The second-order valence-corrected chi connectivity index (χ2v) is 10.8. The molecular formula is C25H30N2O4S. The van der Waals surface area contributed by atoms with Crippen LogP contribution in [0.1, 0.15) is 42.4 Å². The van der Waals surface area contributed by atoms with Crippen LogP contribution in [0.5, 0.6) is 0 Å². The van der Waals surface area contributed by atoms with E-state index in [1.54, 1.807) is 17.0 Å². The summed E-state index contributed by atoms with van der Waals surface area (Å²) in [6.45, 7) is 4.93. The Morgan fingerprint density at radius 2 is 1.66 bits per heavy atom. The number of carbonyl (C=O) groups is 2. The molecule has 170 valence electrons. The molecule has 0 radical (unpaired) electrons. The van der Waals surface area contributed by atoms with Crippen LogP contribution in [-0.2, 0) is 26.0 Å². The lowest BCUT2D eigenvalue weighted by atomic mass is 9.90. The minimum atomic E-state index is -4.08. The molecule has 2 aliphatic heterocycles. The summed E-state index contributed by atoms with van der Waals surface area (Å²) < 4.78 is 27.4. The van der Waals surface area contributed by atoms with E-state index in [-0.39, 0.29) is 23.6 Å². The number of hydrogen-bond acceptors (Lipinski definition) is 4. The summed E-state index contributed by atoms with van der Waals surface area (Å²) in [5.74, 6) is -0.246. The summed E-state index contributed by atoms with van der Waals surface area (Å²) in [7, 11) is -4.08. The summed E-state index contributed by atoms with van der Waals surface area (Å²) in [4.78, 5) is 27.7. The number of hydrogen-bond donors (Lipinski definition) is 0. The van der Waals surface area contributed by atoms with Gasteiger partial charge in [0.15, 0.2) is 0 Å². The molecule has 6 nitrogen and oxygen atoms in total. The van der Waals surface area contributed by atoms with Crippen molar-refractivity contribution in [3.05, 3.63) is 65.2 Å². The van der Waals surface area contributed by atoms with E-state index in [1.165, 1.54) is 11.6 Å². The Bertz CT molecular complexity index is 1110. The molecule has 0 saturated carbocycles. The zero-order chi connectivity index (χ0) is 22.9. The van der Waals surface area contributed by atoms with Gasteiger partial charge in [0, 0.05) is 19.5 Å². The summed E-state index contributed by atoms with van der Waals surface area (Å²) in [5, 5.41) is 0. The first kappa shape index (κ1) is 22.5. The van der Waals surface area contributed by atoms with Gasteiger partial charge in [0.05, 0.1) is 4.90 Å². The van der Waals surface area contributed by atoms with Crippen molar-refractivity contribution >= 4 is 21.8 Å². The third-order valence-electron chi connectivity index (χ3n) is 6.77. The molecule has 2 fully saturated rings. The van der Waals surface area contributed by atoms with Crippen molar-refractivity contribution in [2.75, 3.05) is 13.1 Å². The molecule has 0 aromatic heterocycles. The van der Waals surface area contributed by atoms with Gasteiger partial charge in [-0.15, -0.1) is 0 Å². The maximum Gasteiger partial charge on any atom is 0.267 e. The Morgan fingerprint density at radius 1 is 0.969 bits per heavy atom. The summed E-state index contributed by atoms with van der Waals surface area (Å²) in [6, 6.07) is 14.2. The van der Waals surface area contributed by atoms with Crippen molar-refractivity contribution in [2.24, 2.45) is 5.92 Å². The van der Waals surface area contributed by atoms with Gasteiger partial charge in [0.1, 0.15) is 6.04 Å². The summed E-state index contributed by atoms with van der Waals surface area (Å²) in [6.07, 6.45) is 3.06. The molecule has 2 saturated heterocycles. The van der Waals surface area contributed by atoms with E-state index in [1.807, 2.05) is 32.0 Å². The predicted octanol–water partition coefficient (Wildman–Crippen LogP) is 3.46. The van der Waals surface area contributed by atoms with E-state index in [9.17, 15) is 18.0 Å². The number of sulfonamides is 1. The van der Waals surface area contributed by atoms with Crippen LogP contribution in [0, 0.1) is 19.8 Å². The van der Waals surface area contributed by atoms with Gasteiger partial charge in [-0.1, -0.05) is 36.4 Å². The third-order valence-corrected chi connectivity index (χ3v) is 8.60. The maximum atomic E-state index is 13.3. The second-order valence-electron chi connectivity index (χ2n) is 8.95. The lowest BCUT2D eigenvalue weighted by Crippen LogP contribution is -2.51. The lowest BCUT2D eigenvalue weighted by molar-refractivity contribution is -0.139. The largest absolute Gasteiger partial charge is 0.341 e. The van der Waals surface area contributed by atoms with Crippen LogP contribution in [0.3, 0.4) is 0 Å². The molecule has 2 heterocycles. The fraction of sp³-hybridized carbons (Fsp3) is 0.440. The van der Waals surface area contributed by atoms with Gasteiger partial charge in [0.25, 0.3) is 10.0 Å². The summed E-state index contributed by atoms with van der Waals surface area (Å²) >= 11 is 0. The highest BCUT2D eigenvalue weighted by molar-refractivity contribution is 7.89. The van der Waals surface area contributed by atoms with Crippen molar-refractivity contribution < 1.29 is 18.0 Å². The third kappa shape index (κ3) is 4.44. The van der Waals surface area contributed by atoms with Gasteiger partial charge in [-0.2, -0.15) is 0 Å². The van der Waals surface area contributed by atoms with Gasteiger partial charge in [-0.25, -0.2) is 12.7 Å². The Balaban J connectivity index is 1.46. The lowest BCUT2D eigenvalue weighted by Gasteiger charge is -2.35. The van der Waals surface area contributed by atoms with Crippen LogP contribution in [0.2, 0.25) is 0 Å². The number of aryl methyl sites for hydroxylation is 2. The molecule has 2 aromatic carbocycles. The van der Waals surface area contributed by atoms with Gasteiger partial charge in [-0.3, -0.25) is 9.59 Å². The fourth-order valence-electron chi connectivity index (χ4n) is 4.69. The number of amides is 2. The standard InChI is InChI=1S/C25H30N2O4S/c1-18-8-9-22(16-19(18)2)32(30,31)27-23(10-11-24(27)28)25(29)26-14-12-21(13-15-26)17-20-6-4-3-5-7-20/h3-9,16,21,23H,10-15,17H2,1-2H3. The van der Waals surface area contributed by atoms with E-state index in [0.29, 0.717) is 19.0 Å². The average Bonchev–Trinajstić information content (AvgIpc) is 3.18. The number of carbonyl (C=O) groups excluding carboxylic acids is 2. The van der Waals surface area contributed by atoms with Crippen molar-refractivity contribution in [3.63, 3.8) is 0 Å². The van der Waals surface area contributed by atoms with Gasteiger partial charge in [-0.05, 0) is 74.3 Å². The molecule has 1 unspecified atom stereocenters. The van der Waals surface area contributed by atoms with Crippen LogP contribution in [0.15, 0.2) is 53.4 Å². The molecule has 32 heavy (non-hydrogen) atoms. The van der Waals surface area contributed by atoms with Crippen LogP contribution < -0.4 is 0 Å². The smallest absolute Gasteiger partial charge is 0.267 e. The number of nitrogens with zero attached hydrogens (tertiary/aromatic N) is 2. The quantitative estimate of drug-likeness (QED) is 0.693. The van der Waals surface area contributed by atoms with E-state index in [4.69, 9.17) is 0 Å². The zero-order valence-electron chi connectivity index (χ0n) is 18.7. The molecule has 7 heteroatoms. The van der Waals surface area contributed by atoms with Crippen LogP contribution >= 0.6 is 0 Å². The van der Waals surface area contributed by atoms with Crippen LogP contribution in [0.25, 0.3) is 0 Å². The fourth-order valence-corrected chi connectivity index (χ4v) is 6.37. The topological polar surface area (TPSA) is 74.8 Å². The number of likely N-dealkylation sites (tertiary alicyclic amines) is 1. The molecule has 4 rings (SSSR count). The summed E-state index contributed by atoms with van der Waals surface area (Å²) in [5.41, 5.74) is 3.10. The monoisotopic (exact) mass is 454 g/mol. The first-order valence-corrected chi connectivity index (χ1v) is 12.7. The highest BCUT2D eigenvalue weighted by Gasteiger charge is 2.46. The van der Waals surface area contributed by atoms with Gasteiger partial charge >= 0.3 is 0 Å². The van der Waals surface area contributed by atoms with E-state index < -0.39 is 22.0 Å². The minimum Gasteiger partial charge on any atom is -0.341 e. The maximum absolute atomic E-state index is 13.3.